The molecule has 2 aromatic carbocycles. The lowest BCUT2D eigenvalue weighted by molar-refractivity contribution is 0.223. The summed E-state index contributed by atoms with van der Waals surface area (Å²) >= 11 is 12.4. The molecular formula is C23H22Cl2N2. The van der Waals surface area contributed by atoms with E-state index in [1.54, 1.807) is 0 Å². The van der Waals surface area contributed by atoms with Gasteiger partial charge in [0.15, 0.2) is 0 Å². The summed E-state index contributed by atoms with van der Waals surface area (Å²) in [6.45, 7) is 2.17. The molecule has 2 bridgehead atoms. The van der Waals surface area contributed by atoms with E-state index in [-0.39, 0.29) is 0 Å². The molecule has 2 nitrogen and oxygen atoms in total. The van der Waals surface area contributed by atoms with Gasteiger partial charge in [0.25, 0.3) is 0 Å². The van der Waals surface area contributed by atoms with Crippen molar-refractivity contribution >= 4 is 45.9 Å². The number of likely N-dealkylation sites (N-methyl/N-ethyl adjacent to an activating group) is 1. The van der Waals surface area contributed by atoms with E-state index in [1.807, 2.05) is 18.2 Å². The van der Waals surface area contributed by atoms with Crippen LogP contribution in [0.3, 0.4) is 0 Å². The largest absolute Gasteiger partial charge is 0.320 e. The van der Waals surface area contributed by atoms with Gasteiger partial charge in [-0.3, -0.25) is 4.90 Å². The predicted molar refractivity (Wildman–Crippen MR) is 115 cm³/mol. The second kappa shape index (κ2) is 6.41. The van der Waals surface area contributed by atoms with E-state index in [1.165, 1.54) is 46.1 Å². The summed E-state index contributed by atoms with van der Waals surface area (Å²) in [5.74, 6) is 0. The number of nitrogens with zero attached hydrogens (tertiary/aromatic N) is 2. The molecule has 2 aliphatic rings. The molecule has 0 saturated carbocycles. The summed E-state index contributed by atoms with van der Waals surface area (Å²) in [6, 6.07) is 15.5. The fraction of sp³-hybridized carbons (Fsp3) is 0.304. The molecule has 0 aliphatic carbocycles. The quantitative estimate of drug-likeness (QED) is 0.470. The molecule has 2 atom stereocenters. The number of benzene rings is 2. The van der Waals surface area contributed by atoms with Crippen LogP contribution in [0.2, 0.25) is 10.0 Å². The zero-order valence-electron chi connectivity index (χ0n) is 15.5. The van der Waals surface area contributed by atoms with E-state index in [9.17, 15) is 0 Å². The van der Waals surface area contributed by atoms with Gasteiger partial charge in [0.2, 0.25) is 0 Å². The highest BCUT2D eigenvalue weighted by atomic mass is 35.5. The van der Waals surface area contributed by atoms with Gasteiger partial charge in [-0.2, -0.15) is 0 Å². The number of hydrogen-bond acceptors (Lipinski definition) is 1. The lowest BCUT2D eigenvalue weighted by Gasteiger charge is -2.32. The summed E-state index contributed by atoms with van der Waals surface area (Å²) in [5.41, 5.74) is 6.60. The van der Waals surface area contributed by atoms with Gasteiger partial charge >= 0.3 is 0 Å². The van der Waals surface area contributed by atoms with Crippen molar-refractivity contribution in [1.29, 1.82) is 0 Å². The Balaban J connectivity index is 1.72. The van der Waals surface area contributed by atoms with Gasteiger partial charge < -0.3 is 4.57 Å². The highest BCUT2D eigenvalue weighted by Gasteiger charge is 2.40. The van der Waals surface area contributed by atoms with Crippen molar-refractivity contribution in [3.63, 3.8) is 0 Å². The SMILES string of the molecule is C/C(=C\n1c2c(c3cc(Cl)ccc31)C1CCC(C2)N1C)c1ccc(Cl)cc1. The lowest BCUT2D eigenvalue weighted by atomic mass is 9.97. The highest BCUT2D eigenvalue weighted by molar-refractivity contribution is 6.31. The van der Waals surface area contributed by atoms with Crippen LogP contribution < -0.4 is 0 Å². The zero-order chi connectivity index (χ0) is 18.7. The monoisotopic (exact) mass is 396 g/mol. The Bertz CT molecular complexity index is 1060. The molecule has 138 valence electrons. The smallest absolute Gasteiger partial charge is 0.0529 e. The lowest BCUT2D eigenvalue weighted by Crippen LogP contribution is -2.34. The molecule has 0 spiro atoms. The van der Waals surface area contributed by atoms with Crippen molar-refractivity contribution in [3.8, 4) is 0 Å². The van der Waals surface area contributed by atoms with Crippen molar-refractivity contribution in [3.05, 3.63) is 69.3 Å². The minimum absolute atomic E-state index is 0.505. The molecule has 1 saturated heterocycles. The van der Waals surface area contributed by atoms with Gasteiger partial charge in [0.1, 0.15) is 0 Å². The van der Waals surface area contributed by atoms with Crippen LogP contribution in [0, 0.1) is 0 Å². The summed E-state index contributed by atoms with van der Waals surface area (Å²) in [5, 5.41) is 2.88. The van der Waals surface area contributed by atoms with Crippen molar-refractivity contribution in [2.45, 2.75) is 38.3 Å². The molecule has 0 amide bonds. The van der Waals surface area contributed by atoms with Crippen LogP contribution in [0.5, 0.6) is 0 Å². The van der Waals surface area contributed by atoms with Crippen molar-refractivity contribution < 1.29 is 0 Å². The summed E-state index contributed by atoms with van der Waals surface area (Å²) in [6.07, 6.45) is 5.89. The average Bonchev–Trinajstić information content (AvgIpc) is 3.06. The van der Waals surface area contributed by atoms with E-state index in [0.29, 0.717) is 12.1 Å². The van der Waals surface area contributed by atoms with Crippen LogP contribution in [-0.2, 0) is 6.42 Å². The standard InChI is InChI=1S/C23H22Cl2N2/c1-14(15-3-5-16(24)6-4-15)13-27-20-9-7-17(25)11-19(20)23-21-10-8-18(26(21)2)12-22(23)27/h3-7,9,11,13,18,21H,8,10,12H2,1-2H3/b14-13+. The maximum atomic E-state index is 6.37. The van der Waals surface area contributed by atoms with Crippen LogP contribution in [0.1, 0.15) is 42.6 Å². The fourth-order valence-corrected chi connectivity index (χ4v) is 5.20. The molecule has 4 heteroatoms. The van der Waals surface area contributed by atoms with Gasteiger partial charge in [-0.15, -0.1) is 0 Å². The Labute approximate surface area is 170 Å². The maximum absolute atomic E-state index is 6.37. The number of allylic oxidation sites excluding steroid dienone is 1. The molecule has 27 heavy (non-hydrogen) atoms. The topological polar surface area (TPSA) is 8.17 Å². The summed E-state index contributed by atoms with van der Waals surface area (Å²) in [7, 11) is 2.27. The Morgan fingerprint density at radius 3 is 2.56 bits per heavy atom. The third kappa shape index (κ3) is 2.74. The molecule has 2 unspecified atom stereocenters. The van der Waals surface area contributed by atoms with Crippen molar-refractivity contribution in [1.82, 2.24) is 9.47 Å². The molecule has 1 aromatic heterocycles. The highest BCUT2D eigenvalue weighted by Crippen LogP contribution is 2.47. The van der Waals surface area contributed by atoms with E-state index < -0.39 is 0 Å². The Hall–Kier alpha value is -1.74. The Morgan fingerprint density at radius 1 is 1.04 bits per heavy atom. The fourth-order valence-electron chi connectivity index (χ4n) is 4.90. The number of hydrogen-bond donors (Lipinski definition) is 0. The molecule has 0 radical (unpaired) electrons. The average molecular weight is 397 g/mol. The number of halogens is 2. The zero-order valence-corrected chi connectivity index (χ0v) is 17.1. The number of aromatic nitrogens is 1. The van der Waals surface area contributed by atoms with Gasteiger partial charge in [-0.1, -0.05) is 35.3 Å². The molecule has 3 heterocycles. The van der Waals surface area contributed by atoms with Gasteiger partial charge in [-0.25, -0.2) is 0 Å². The predicted octanol–water partition coefficient (Wildman–Crippen LogP) is 6.66. The second-order valence-electron chi connectivity index (χ2n) is 7.83. The molecule has 2 aliphatic heterocycles. The molecule has 3 aromatic rings. The minimum Gasteiger partial charge on any atom is -0.320 e. The summed E-state index contributed by atoms with van der Waals surface area (Å²) in [4.78, 5) is 2.56. The van der Waals surface area contributed by atoms with E-state index in [0.717, 1.165) is 16.5 Å². The first kappa shape index (κ1) is 17.4. The maximum Gasteiger partial charge on any atom is 0.0529 e. The normalized spacial score (nSPS) is 22.4. The molecular weight excluding hydrogens is 375 g/mol. The van der Waals surface area contributed by atoms with E-state index >= 15 is 0 Å². The van der Waals surface area contributed by atoms with Crippen LogP contribution in [0.25, 0.3) is 22.7 Å². The second-order valence-corrected chi connectivity index (χ2v) is 8.70. The van der Waals surface area contributed by atoms with Gasteiger partial charge in [-0.05, 0) is 73.8 Å². The van der Waals surface area contributed by atoms with Crippen LogP contribution in [0.4, 0.5) is 0 Å². The van der Waals surface area contributed by atoms with Crippen molar-refractivity contribution in [2.24, 2.45) is 0 Å². The molecule has 5 rings (SSSR count). The summed E-state index contributed by atoms with van der Waals surface area (Å²) < 4.78 is 2.41. The third-order valence-electron chi connectivity index (χ3n) is 6.34. The van der Waals surface area contributed by atoms with Gasteiger partial charge in [0, 0.05) is 45.8 Å². The first-order valence-electron chi connectivity index (χ1n) is 9.51. The van der Waals surface area contributed by atoms with E-state index in [2.05, 4.69) is 53.9 Å². The minimum atomic E-state index is 0.505. The molecule has 0 N–H and O–H groups in total. The Morgan fingerprint density at radius 2 is 1.78 bits per heavy atom. The Kier molecular flexibility index (Phi) is 4.12. The van der Waals surface area contributed by atoms with Crippen LogP contribution in [0.15, 0.2) is 42.5 Å². The van der Waals surface area contributed by atoms with Crippen molar-refractivity contribution in [2.75, 3.05) is 7.05 Å². The first-order chi connectivity index (χ1) is 13.0. The number of fused-ring (bicyclic) bond motifs is 6. The van der Waals surface area contributed by atoms with Crippen LogP contribution in [-0.4, -0.2) is 22.6 Å². The van der Waals surface area contributed by atoms with E-state index in [4.69, 9.17) is 23.2 Å². The van der Waals surface area contributed by atoms with Gasteiger partial charge in [0.05, 0.1) is 5.52 Å². The van der Waals surface area contributed by atoms with Crippen LogP contribution >= 0.6 is 23.2 Å². The number of rotatable bonds is 2. The first-order valence-corrected chi connectivity index (χ1v) is 10.3. The molecule has 1 fully saturated rings. The third-order valence-corrected chi connectivity index (χ3v) is 6.82.